The predicted molar refractivity (Wildman–Crippen MR) is 324 cm³/mol. The van der Waals surface area contributed by atoms with Crippen molar-refractivity contribution >= 4 is 0 Å². The first-order valence-corrected chi connectivity index (χ1v) is 27.6. The molecule has 71 heavy (non-hydrogen) atoms. The fraction of sp³-hybridized carbons (Fsp3) is 0.636. The van der Waals surface area contributed by atoms with Crippen LogP contribution in [0, 0.1) is 29.6 Å². The zero-order valence-electron chi connectivity index (χ0n) is 52.4. The third-order valence-corrected chi connectivity index (χ3v) is 6.98. The average molecular weight is 998 g/mol. The maximum absolute atomic E-state index is 5.48. The van der Waals surface area contributed by atoms with E-state index in [4.69, 9.17) is 23.7 Å². The molecule has 0 saturated heterocycles. The van der Waals surface area contributed by atoms with Crippen LogP contribution < -0.4 is 0 Å². The number of benzene rings is 4. The summed E-state index contributed by atoms with van der Waals surface area (Å²) in [5.41, 5.74) is 5.18. The Bertz CT molecular complexity index is 1320. The molecule has 0 heterocycles. The fourth-order valence-corrected chi connectivity index (χ4v) is 3.90. The van der Waals surface area contributed by atoms with Crippen LogP contribution in [-0.4, -0.2) is 45.7 Å². The first-order chi connectivity index (χ1) is 33.7. The van der Waals surface area contributed by atoms with Gasteiger partial charge in [-0.15, -0.1) is 0 Å². The van der Waals surface area contributed by atoms with Crippen LogP contribution in [-0.2, 0) is 49.9 Å². The van der Waals surface area contributed by atoms with Gasteiger partial charge < -0.3 is 23.7 Å². The minimum Gasteiger partial charge on any atom is -0.382 e. The molecule has 0 bridgehead atoms. The van der Waals surface area contributed by atoms with E-state index in [0.717, 1.165) is 50.8 Å². The smallest absolute Gasteiger partial charge is 0.0720 e. The van der Waals surface area contributed by atoms with Gasteiger partial charge in [-0.1, -0.05) is 260 Å². The molecule has 0 radical (unpaired) electrons. The van der Waals surface area contributed by atoms with Gasteiger partial charge in [0, 0.05) is 27.4 Å². The SMILES string of the molecule is CC.CC.CC.CC.CC(C)C.CC(C)C.CC(C)COCc1ccccc1.CC(C)COCc1ccccc1.CC(C)Cc1ccccc1.CC(C)OCc1ccccc1.COC(C)C.COC(C)C. The van der Waals surface area contributed by atoms with Crippen LogP contribution in [0.3, 0.4) is 0 Å². The van der Waals surface area contributed by atoms with Crippen molar-refractivity contribution in [3.05, 3.63) is 144 Å². The topological polar surface area (TPSA) is 46.2 Å². The van der Waals surface area contributed by atoms with Crippen LogP contribution in [0.1, 0.15) is 202 Å². The number of methoxy groups -OCH3 is 2. The lowest BCUT2D eigenvalue weighted by molar-refractivity contribution is 0.0657. The van der Waals surface area contributed by atoms with Crippen molar-refractivity contribution in [2.24, 2.45) is 29.6 Å². The third kappa shape index (κ3) is 96.8. The second-order valence-corrected chi connectivity index (χ2v) is 18.8. The van der Waals surface area contributed by atoms with Gasteiger partial charge in [0.25, 0.3) is 0 Å². The maximum Gasteiger partial charge on any atom is 0.0720 e. The lowest BCUT2D eigenvalue weighted by Crippen LogP contribution is -2.01. The molecule has 0 spiro atoms. The van der Waals surface area contributed by atoms with Crippen LogP contribution in [0.15, 0.2) is 121 Å². The van der Waals surface area contributed by atoms with Gasteiger partial charge in [0.05, 0.1) is 38.1 Å². The molecule has 5 heteroatoms. The third-order valence-electron chi connectivity index (χ3n) is 6.98. The molecule has 0 fully saturated rings. The average Bonchev–Trinajstić information content (AvgIpc) is 3.35. The van der Waals surface area contributed by atoms with E-state index in [9.17, 15) is 0 Å². The number of hydrogen-bond donors (Lipinski definition) is 0. The number of ether oxygens (including phenoxy) is 5. The van der Waals surface area contributed by atoms with Gasteiger partial charge in [0.1, 0.15) is 0 Å². The summed E-state index contributed by atoms with van der Waals surface area (Å²) in [6.45, 7) is 58.1. The summed E-state index contributed by atoms with van der Waals surface area (Å²) in [6, 6.07) is 41.3. The molecular weight excluding hydrogens is 873 g/mol. The van der Waals surface area contributed by atoms with Crippen LogP contribution >= 0.6 is 0 Å². The number of rotatable bonds is 15. The van der Waals surface area contributed by atoms with E-state index in [1.54, 1.807) is 14.2 Å². The molecule has 4 aromatic carbocycles. The largest absolute Gasteiger partial charge is 0.382 e. The Morgan fingerprint density at radius 3 is 0.690 bits per heavy atom. The van der Waals surface area contributed by atoms with Gasteiger partial charge in [-0.25, -0.2) is 0 Å². The Labute approximate surface area is 447 Å². The Balaban J connectivity index is -0.000000107. The van der Waals surface area contributed by atoms with Gasteiger partial charge in [-0.2, -0.15) is 0 Å². The molecule has 4 rings (SSSR count). The zero-order valence-corrected chi connectivity index (χ0v) is 52.4. The molecule has 0 amide bonds. The van der Waals surface area contributed by atoms with Crippen molar-refractivity contribution in [2.75, 3.05) is 27.4 Å². The molecule has 0 aliphatic heterocycles. The van der Waals surface area contributed by atoms with Gasteiger partial charge >= 0.3 is 0 Å². The van der Waals surface area contributed by atoms with Crippen LogP contribution in [0.25, 0.3) is 0 Å². The van der Waals surface area contributed by atoms with Crippen LogP contribution in [0.5, 0.6) is 0 Å². The minimum atomic E-state index is 0.315. The number of hydrogen-bond acceptors (Lipinski definition) is 5. The van der Waals surface area contributed by atoms with Crippen molar-refractivity contribution in [2.45, 2.75) is 225 Å². The molecular formula is C66H124O5. The second-order valence-electron chi connectivity index (χ2n) is 18.8. The standard InChI is InChI=1S/2C11H16O.C10H14O.C10H14.2C4H10O.2C4H10.4C2H6/c2*1-10(2)8-12-9-11-6-4-3-5-7-11;1-9(2)11-8-10-6-4-3-5-7-10;1-9(2)8-10-6-4-3-5-7-10;2*1-4(2)5-3;2*1-4(2)3;4*1-2/h2*3-7,10H,8-9H2,1-2H3;3-7,9H,8H2,1-2H3;3-7,9H,8H2,1-2H3;2*4H,1-3H3;2*4H,1-3H3;4*1-2H3. The Morgan fingerprint density at radius 2 is 0.507 bits per heavy atom. The van der Waals surface area contributed by atoms with E-state index >= 15 is 0 Å². The highest BCUT2D eigenvalue weighted by Gasteiger charge is 1.97. The lowest BCUT2D eigenvalue weighted by Gasteiger charge is -2.06. The molecule has 4 aromatic rings. The molecule has 0 aliphatic carbocycles. The summed E-state index contributed by atoms with van der Waals surface area (Å²) in [7, 11) is 3.40. The first-order valence-electron chi connectivity index (χ1n) is 27.6. The van der Waals surface area contributed by atoms with E-state index < -0.39 is 0 Å². The van der Waals surface area contributed by atoms with Crippen LogP contribution in [0.2, 0.25) is 0 Å². The van der Waals surface area contributed by atoms with Crippen LogP contribution in [0.4, 0.5) is 0 Å². The molecule has 0 N–H and O–H groups in total. The van der Waals surface area contributed by atoms with E-state index in [-0.39, 0.29) is 0 Å². The highest BCUT2D eigenvalue weighted by molar-refractivity contribution is 5.16. The molecule has 0 saturated carbocycles. The quantitative estimate of drug-likeness (QED) is 0.119. The molecule has 418 valence electrons. The van der Waals surface area contributed by atoms with Crippen molar-refractivity contribution in [3.8, 4) is 0 Å². The van der Waals surface area contributed by atoms with Gasteiger partial charge in [-0.05, 0) is 99.8 Å². The summed E-state index contributed by atoms with van der Waals surface area (Å²) in [6.07, 6.45) is 2.28. The lowest BCUT2D eigenvalue weighted by atomic mass is 10.0. The highest BCUT2D eigenvalue weighted by Crippen LogP contribution is 2.07. The summed E-state index contributed by atoms with van der Waals surface area (Å²) >= 11 is 0. The van der Waals surface area contributed by atoms with Gasteiger partial charge in [0.15, 0.2) is 0 Å². The normalized spacial score (nSPS) is 9.35. The van der Waals surface area contributed by atoms with Gasteiger partial charge in [-0.3, -0.25) is 0 Å². The maximum atomic E-state index is 5.48. The summed E-state index contributed by atoms with van der Waals surface area (Å²) < 4.78 is 25.9. The summed E-state index contributed by atoms with van der Waals surface area (Å²) in [5, 5.41) is 0. The van der Waals surface area contributed by atoms with E-state index in [1.807, 2.05) is 152 Å². The van der Waals surface area contributed by atoms with Crippen molar-refractivity contribution in [1.82, 2.24) is 0 Å². The van der Waals surface area contributed by atoms with Crippen molar-refractivity contribution in [1.29, 1.82) is 0 Å². The zero-order chi connectivity index (χ0) is 56.8. The molecule has 0 aromatic heterocycles. The fourth-order valence-electron chi connectivity index (χ4n) is 3.90. The van der Waals surface area contributed by atoms with E-state index in [0.29, 0.717) is 30.1 Å². The first kappa shape index (κ1) is 84.5. The van der Waals surface area contributed by atoms with E-state index in [2.05, 4.69) is 150 Å². The summed E-state index contributed by atoms with van der Waals surface area (Å²) in [4.78, 5) is 0. The highest BCUT2D eigenvalue weighted by atomic mass is 16.5. The molecule has 0 atom stereocenters. The van der Waals surface area contributed by atoms with E-state index in [1.165, 1.54) is 28.7 Å². The second kappa shape index (κ2) is 70.9. The van der Waals surface area contributed by atoms with Crippen molar-refractivity contribution in [3.63, 3.8) is 0 Å². The van der Waals surface area contributed by atoms with Gasteiger partial charge in [0.2, 0.25) is 0 Å². The summed E-state index contributed by atoms with van der Waals surface area (Å²) in [5.74, 6) is 3.67. The Morgan fingerprint density at radius 1 is 0.296 bits per heavy atom. The van der Waals surface area contributed by atoms with Crippen molar-refractivity contribution < 1.29 is 23.7 Å². The predicted octanol–water partition coefficient (Wildman–Crippen LogP) is 20.7. The minimum absolute atomic E-state index is 0.315. The Hall–Kier alpha value is -3.32. The molecule has 0 unspecified atom stereocenters. The molecule has 0 aliphatic rings. The monoisotopic (exact) mass is 997 g/mol. The molecule has 5 nitrogen and oxygen atoms in total. The Kier molecular flexibility index (Phi) is 84.4.